The third kappa shape index (κ3) is 3.37. The fraction of sp³-hybridized carbons (Fsp3) is 0.174. The summed E-state index contributed by atoms with van der Waals surface area (Å²) in [6.45, 7) is 2.54. The van der Waals surface area contributed by atoms with Crippen molar-refractivity contribution in [2.24, 2.45) is 4.99 Å². The zero-order valence-electron chi connectivity index (χ0n) is 17.3. The van der Waals surface area contributed by atoms with Crippen LogP contribution in [0.5, 0.6) is 0 Å². The quantitative estimate of drug-likeness (QED) is 0.498. The Morgan fingerprint density at radius 3 is 2.81 bits per heavy atom. The van der Waals surface area contributed by atoms with Crippen molar-refractivity contribution in [3.8, 4) is 5.69 Å². The molecule has 0 bridgehead atoms. The lowest BCUT2D eigenvalue weighted by Gasteiger charge is -2.24. The Morgan fingerprint density at radius 1 is 1.16 bits per heavy atom. The molecule has 0 saturated carbocycles. The number of halogens is 1. The van der Waals surface area contributed by atoms with Crippen molar-refractivity contribution in [1.29, 1.82) is 0 Å². The van der Waals surface area contributed by atoms with Gasteiger partial charge in [0.25, 0.3) is 5.56 Å². The number of fused-ring (bicyclic) bond motifs is 2. The van der Waals surface area contributed by atoms with Crippen LogP contribution in [0.15, 0.2) is 64.6 Å². The first-order chi connectivity index (χ1) is 15.7. The highest BCUT2D eigenvalue weighted by atomic mass is 19.1. The van der Waals surface area contributed by atoms with Crippen molar-refractivity contribution in [3.05, 3.63) is 76.9 Å². The molecule has 1 unspecified atom stereocenters. The monoisotopic (exact) mass is 429 g/mol. The van der Waals surface area contributed by atoms with Gasteiger partial charge in [0, 0.05) is 6.21 Å². The van der Waals surface area contributed by atoms with E-state index in [0.29, 0.717) is 47.3 Å². The van der Waals surface area contributed by atoms with Crippen LogP contribution in [0.1, 0.15) is 25.2 Å². The van der Waals surface area contributed by atoms with Crippen LogP contribution >= 0.6 is 0 Å². The van der Waals surface area contributed by atoms with E-state index in [9.17, 15) is 9.18 Å². The van der Waals surface area contributed by atoms with Gasteiger partial charge in [-0.3, -0.25) is 9.36 Å². The number of hydrogen-bond donors (Lipinski definition) is 2. The zero-order valence-corrected chi connectivity index (χ0v) is 17.3. The molecule has 0 amide bonds. The number of hydrogen-bond acceptors (Lipinski definition) is 7. The highest BCUT2D eigenvalue weighted by Crippen LogP contribution is 2.33. The summed E-state index contributed by atoms with van der Waals surface area (Å²) in [5, 5.41) is 6.58. The van der Waals surface area contributed by atoms with E-state index in [-0.39, 0.29) is 11.4 Å². The third-order valence-corrected chi connectivity index (χ3v) is 5.33. The van der Waals surface area contributed by atoms with Gasteiger partial charge in [-0.15, -0.1) is 0 Å². The maximum Gasteiger partial charge on any atom is 0.269 e. The van der Waals surface area contributed by atoms with Crippen LogP contribution in [0.3, 0.4) is 0 Å². The maximum absolute atomic E-state index is 14.6. The van der Waals surface area contributed by atoms with Crippen molar-refractivity contribution in [1.82, 2.24) is 19.5 Å². The highest BCUT2D eigenvalue weighted by molar-refractivity contribution is 5.84. The molecule has 0 radical (unpaired) electrons. The smallest absolute Gasteiger partial charge is 0.269 e. The van der Waals surface area contributed by atoms with E-state index in [1.54, 1.807) is 30.5 Å². The largest absolute Gasteiger partial charge is 0.374 e. The van der Waals surface area contributed by atoms with Gasteiger partial charge in [0.1, 0.15) is 29.0 Å². The fourth-order valence-electron chi connectivity index (χ4n) is 3.81. The summed E-state index contributed by atoms with van der Waals surface area (Å²) in [5.74, 6) is 0.974. The molecule has 5 rings (SSSR count). The molecule has 0 spiro atoms. The van der Waals surface area contributed by atoms with Crippen molar-refractivity contribution >= 4 is 34.4 Å². The van der Waals surface area contributed by atoms with Crippen LogP contribution < -0.4 is 16.2 Å². The van der Waals surface area contributed by atoms with Gasteiger partial charge in [0.15, 0.2) is 11.6 Å². The molecule has 8 nitrogen and oxygen atoms in total. The molecule has 9 heteroatoms. The average Bonchev–Trinajstić information content (AvgIpc) is 2.83. The molecule has 2 N–H and O–H groups in total. The van der Waals surface area contributed by atoms with Gasteiger partial charge in [0.2, 0.25) is 0 Å². The summed E-state index contributed by atoms with van der Waals surface area (Å²) in [5.41, 5.74) is 1.15. The number of rotatable bonds is 5. The van der Waals surface area contributed by atoms with E-state index in [0.717, 1.165) is 0 Å². The first-order valence-electron chi connectivity index (χ1n) is 10.3. The molecule has 1 atom stereocenters. The molecule has 3 heterocycles. The Hall–Kier alpha value is -4.14. The van der Waals surface area contributed by atoms with Gasteiger partial charge in [-0.2, -0.15) is 0 Å². The topological polar surface area (TPSA) is 97.1 Å². The molecular weight excluding hydrogens is 409 g/mol. The van der Waals surface area contributed by atoms with Crippen LogP contribution in [-0.2, 0) is 0 Å². The number of anilines is 2. The van der Waals surface area contributed by atoms with Crippen molar-refractivity contribution < 1.29 is 4.39 Å². The predicted octanol–water partition coefficient (Wildman–Crippen LogP) is 4.01. The molecular formula is C23H20FN7O. The van der Waals surface area contributed by atoms with E-state index in [2.05, 4.69) is 25.6 Å². The van der Waals surface area contributed by atoms with E-state index in [4.69, 9.17) is 4.98 Å². The van der Waals surface area contributed by atoms with Gasteiger partial charge in [-0.1, -0.05) is 31.2 Å². The molecule has 2 aromatic carbocycles. The van der Waals surface area contributed by atoms with Crippen LogP contribution in [0.25, 0.3) is 16.6 Å². The van der Waals surface area contributed by atoms with Gasteiger partial charge < -0.3 is 10.6 Å². The summed E-state index contributed by atoms with van der Waals surface area (Å²) in [6.07, 6.45) is 3.77. The molecule has 0 saturated heterocycles. The second-order valence-corrected chi connectivity index (χ2v) is 7.30. The molecule has 1 aliphatic heterocycles. The van der Waals surface area contributed by atoms with Crippen LogP contribution in [0, 0.1) is 5.82 Å². The summed E-state index contributed by atoms with van der Waals surface area (Å²) < 4.78 is 16.0. The van der Waals surface area contributed by atoms with Gasteiger partial charge in [-0.25, -0.2) is 24.3 Å². The normalized spacial score (nSPS) is 13.4. The number of aromatic nitrogens is 4. The number of benzene rings is 2. The van der Waals surface area contributed by atoms with Crippen LogP contribution in [0.4, 0.5) is 21.7 Å². The Morgan fingerprint density at radius 2 is 2.00 bits per heavy atom. The standard InChI is InChI=1S/C23H20FN7O/c1-2-16(29-21-19-20(27-13-28-21)26-12-11-25-19)22-30-17-10-6-9-15(24)18(17)23(32)31(22)14-7-4-3-5-8-14/h3-10,12-13,16,25H,2,11H2,1H3,(H,27,28,29). The molecule has 4 aromatic rings. The van der Waals surface area contributed by atoms with E-state index in [1.165, 1.54) is 17.0 Å². The second kappa shape index (κ2) is 8.18. The fourth-order valence-corrected chi connectivity index (χ4v) is 3.81. The Labute approximate surface area is 182 Å². The lowest BCUT2D eigenvalue weighted by Crippen LogP contribution is -2.29. The number of para-hydroxylation sites is 1. The number of nitrogens with zero attached hydrogens (tertiary/aromatic N) is 5. The van der Waals surface area contributed by atoms with Gasteiger partial charge in [-0.05, 0) is 30.7 Å². The number of nitrogens with one attached hydrogen (secondary N) is 2. The molecule has 0 fully saturated rings. The SMILES string of the molecule is CCC(Nc1ncnc2c1NCC=N2)c1nc2cccc(F)c2c(=O)n1-c1ccccc1. The predicted molar refractivity (Wildman–Crippen MR) is 123 cm³/mol. The molecule has 0 aliphatic carbocycles. The van der Waals surface area contributed by atoms with Crippen LogP contribution in [0.2, 0.25) is 0 Å². The lowest BCUT2D eigenvalue weighted by atomic mass is 10.1. The van der Waals surface area contributed by atoms with Crippen LogP contribution in [-0.4, -0.2) is 32.3 Å². The maximum atomic E-state index is 14.6. The minimum absolute atomic E-state index is 0.0367. The number of aliphatic imine (C=N–C) groups is 1. The molecule has 1 aliphatic rings. The van der Waals surface area contributed by atoms with E-state index >= 15 is 0 Å². The summed E-state index contributed by atoms with van der Waals surface area (Å²) >= 11 is 0. The first-order valence-corrected chi connectivity index (χ1v) is 10.3. The van der Waals surface area contributed by atoms with Gasteiger partial charge in [0.05, 0.1) is 23.8 Å². The van der Waals surface area contributed by atoms with Gasteiger partial charge >= 0.3 is 0 Å². The summed E-state index contributed by atoms with van der Waals surface area (Å²) in [4.78, 5) is 31.1. The van der Waals surface area contributed by atoms with Crippen molar-refractivity contribution in [3.63, 3.8) is 0 Å². The Kier molecular flexibility index (Phi) is 5.06. The van der Waals surface area contributed by atoms with Crippen molar-refractivity contribution in [2.75, 3.05) is 17.2 Å². The van der Waals surface area contributed by atoms with E-state index < -0.39 is 11.4 Å². The first kappa shape index (κ1) is 19.8. The molecule has 160 valence electrons. The Bertz CT molecular complexity index is 1380. The summed E-state index contributed by atoms with van der Waals surface area (Å²) in [7, 11) is 0. The molecule has 2 aromatic heterocycles. The van der Waals surface area contributed by atoms with Crippen molar-refractivity contribution in [2.45, 2.75) is 19.4 Å². The molecule has 32 heavy (non-hydrogen) atoms. The second-order valence-electron chi connectivity index (χ2n) is 7.30. The lowest BCUT2D eigenvalue weighted by molar-refractivity contribution is 0.630. The highest BCUT2D eigenvalue weighted by Gasteiger charge is 2.23. The Balaban J connectivity index is 1.70. The minimum Gasteiger partial charge on any atom is -0.374 e. The minimum atomic E-state index is -0.593. The average molecular weight is 429 g/mol. The van der Waals surface area contributed by atoms with E-state index in [1.807, 2.05) is 25.1 Å². The zero-order chi connectivity index (χ0) is 22.1. The third-order valence-electron chi connectivity index (χ3n) is 5.33. The summed E-state index contributed by atoms with van der Waals surface area (Å²) in [6, 6.07) is 13.2.